The van der Waals surface area contributed by atoms with E-state index in [2.05, 4.69) is 10.4 Å². The van der Waals surface area contributed by atoms with Gasteiger partial charge in [-0.15, -0.1) is 0 Å². The van der Waals surface area contributed by atoms with Crippen LogP contribution in [0.5, 0.6) is 0 Å². The Morgan fingerprint density at radius 2 is 1.70 bits per heavy atom. The number of halogens is 1. The normalized spacial score (nSPS) is 11.1. The summed E-state index contributed by atoms with van der Waals surface area (Å²) >= 11 is 0. The van der Waals surface area contributed by atoms with E-state index in [0.29, 0.717) is 24.2 Å². The predicted octanol–water partition coefficient (Wildman–Crippen LogP) is 2.71. The lowest BCUT2D eigenvalue weighted by atomic mass is 10.1. The van der Waals surface area contributed by atoms with Crippen LogP contribution in [0.15, 0.2) is 64.2 Å². The van der Waals surface area contributed by atoms with E-state index in [1.54, 1.807) is 13.0 Å². The third kappa shape index (κ3) is 4.34. The van der Waals surface area contributed by atoms with Gasteiger partial charge in [0.2, 0.25) is 5.91 Å². The van der Waals surface area contributed by atoms with Crippen molar-refractivity contribution in [3.63, 3.8) is 0 Å². The van der Waals surface area contributed by atoms with E-state index < -0.39 is 23.0 Å². The Bertz CT molecular complexity index is 1440. The second-order valence-corrected chi connectivity index (χ2v) is 7.69. The number of aromatic nitrogens is 4. The van der Waals surface area contributed by atoms with E-state index in [9.17, 15) is 18.8 Å². The van der Waals surface area contributed by atoms with Crippen molar-refractivity contribution in [3.8, 4) is 0 Å². The van der Waals surface area contributed by atoms with Gasteiger partial charge in [-0.3, -0.25) is 23.4 Å². The number of fused-ring (bicyclic) bond motifs is 1. The molecule has 4 aromatic rings. The van der Waals surface area contributed by atoms with Crippen molar-refractivity contribution >= 4 is 22.6 Å². The summed E-state index contributed by atoms with van der Waals surface area (Å²) in [6, 6.07) is 15.3. The monoisotopic (exact) mass is 449 g/mol. The second-order valence-electron chi connectivity index (χ2n) is 7.69. The van der Waals surface area contributed by atoms with Crippen LogP contribution in [0.25, 0.3) is 11.0 Å². The maximum Gasteiger partial charge on any atom is 0.332 e. The molecule has 33 heavy (non-hydrogen) atoms. The first-order chi connectivity index (χ1) is 15.9. The van der Waals surface area contributed by atoms with Gasteiger partial charge in [-0.05, 0) is 38.0 Å². The number of benzene rings is 2. The molecule has 4 rings (SSSR count). The molecular formula is C24H24FN5O3. The van der Waals surface area contributed by atoms with Gasteiger partial charge in [0.25, 0.3) is 5.56 Å². The number of para-hydroxylation sites is 1. The van der Waals surface area contributed by atoms with Crippen LogP contribution in [0.4, 0.5) is 10.1 Å². The number of anilines is 1. The van der Waals surface area contributed by atoms with E-state index in [1.165, 1.54) is 27.4 Å². The summed E-state index contributed by atoms with van der Waals surface area (Å²) in [6.07, 6.45) is 0.474. The molecule has 0 bridgehead atoms. The zero-order valence-electron chi connectivity index (χ0n) is 18.4. The Labute approximate surface area is 188 Å². The van der Waals surface area contributed by atoms with Gasteiger partial charge in [-0.1, -0.05) is 42.5 Å². The van der Waals surface area contributed by atoms with Crippen molar-refractivity contribution in [1.82, 2.24) is 18.9 Å². The van der Waals surface area contributed by atoms with E-state index in [-0.39, 0.29) is 24.3 Å². The highest BCUT2D eigenvalue weighted by molar-refractivity contribution is 5.91. The zero-order chi connectivity index (χ0) is 23.5. The van der Waals surface area contributed by atoms with E-state index in [0.717, 1.165) is 10.1 Å². The first-order valence-corrected chi connectivity index (χ1v) is 10.7. The van der Waals surface area contributed by atoms with E-state index >= 15 is 0 Å². The summed E-state index contributed by atoms with van der Waals surface area (Å²) in [6.45, 7) is 3.73. The van der Waals surface area contributed by atoms with Crippen molar-refractivity contribution in [3.05, 3.63) is 92.5 Å². The highest BCUT2D eigenvalue weighted by Crippen LogP contribution is 2.15. The quantitative estimate of drug-likeness (QED) is 0.470. The molecule has 2 aromatic heterocycles. The maximum atomic E-state index is 14.0. The van der Waals surface area contributed by atoms with Crippen molar-refractivity contribution in [1.29, 1.82) is 0 Å². The van der Waals surface area contributed by atoms with Crippen molar-refractivity contribution in [2.75, 3.05) is 5.32 Å². The van der Waals surface area contributed by atoms with Crippen LogP contribution in [0.1, 0.15) is 18.2 Å². The Morgan fingerprint density at radius 3 is 2.39 bits per heavy atom. The van der Waals surface area contributed by atoms with Gasteiger partial charge in [-0.25, -0.2) is 9.18 Å². The number of rotatable bonds is 7. The Kier molecular flexibility index (Phi) is 6.21. The minimum Gasteiger partial charge on any atom is -0.322 e. The van der Waals surface area contributed by atoms with Crippen LogP contribution >= 0.6 is 0 Å². The van der Waals surface area contributed by atoms with Crippen LogP contribution in [0, 0.1) is 12.7 Å². The van der Waals surface area contributed by atoms with Crippen LogP contribution < -0.4 is 16.6 Å². The summed E-state index contributed by atoms with van der Waals surface area (Å²) in [5, 5.41) is 6.88. The average molecular weight is 449 g/mol. The fraction of sp³-hybridized carbons (Fsp3) is 0.250. The molecule has 0 saturated carbocycles. The summed E-state index contributed by atoms with van der Waals surface area (Å²) in [5.41, 5.74) is 0.992. The Balaban J connectivity index is 1.78. The molecule has 9 heteroatoms. The molecule has 8 nitrogen and oxygen atoms in total. The van der Waals surface area contributed by atoms with Crippen molar-refractivity contribution < 1.29 is 9.18 Å². The molecule has 170 valence electrons. The fourth-order valence-electron chi connectivity index (χ4n) is 3.92. The third-order valence-electron chi connectivity index (χ3n) is 5.49. The van der Waals surface area contributed by atoms with Crippen LogP contribution in [-0.4, -0.2) is 24.8 Å². The SMILES string of the molecule is CCn1nc(C)c2c1c(=O)n(CCc1ccccc1)c(=O)n2CC(=O)Nc1ccccc1F. The van der Waals surface area contributed by atoms with Crippen LogP contribution in [0.3, 0.4) is 0 Å². The van der Waals surface area contributed by atoms with E-state index in [4.69, 9.17) is 0 Å². The summed E-state index contributed by atoms with van der Waals surface area (Å²) < 4.78 is 17.9. The van der Waals surface area contributed by atoms with E-state index in [1.807, 2.05) is 37.3 Å². The number of hydrogen-bond donors (Lipinski definition) is 1. The largest absolute Gasteiger partial charge is 0.332 e. The number of carbonyl (C=O) groups excluding carboxylic acids is 1. The molecule has 0 fully saturated rings. The van der Waals surface area contributed by atoms with Crippen LogP contribution in [-0.2, 0) is 30.8 Å². The lowest BCUT2D eigenvalue weighted by Crippen LogP contribution is -2.42. The standard InChI is InChI=1S/C24H24FN5O3/c1-3-30-22-21(16(2)27-30)29(15-20(31)26-19-12-8-7-11-18(19)25)24(33)28(23(22)32)14-13-17-9-5-4-6-10-17/h4-12H,3,13-15H2,1-2H3,(H,26,31). The van der Waals surface area contributed by atoms with Gasteiger partial charge in [0.15, 0.2) is 5.52 Å². The summed E-state index contributed by atoms with van der Waals surface area (Å²) in [7, 11) is 0. The molecule has 0 aliphatic heterocycles. The maximum absolute atomic E-state index is 14.0. The molecule has 2 aromatic carbocycles. The molecule has 0 aliphatic rings. The van der Waals surface area contributed by atoms with Gasteiger partial charge in [0, 0.05) is 13.1 Å². The average Bonchev–Trinajstić information content (AvgIpc) is 3.15. The minimum atomic E-state index is -0.606. The molecular weight excluding hydrogens is 425 g/mol. The number of nitrogens with zero attached hydrogens (tertiary/aromatic N) is 4. The molecule has 0 radical (unpaired) electrons. The molecule has 0 unspecified atom stereocenters. The number of amides is 1. The lowest BCUT2D eigenvalue weighted by Gasteiger charge is -2.13. The summed E-state index contributed by atoms with van der Waals surface area (Å²) in [4.78, 5) is 39.4. The molecule has 1 amide bonds. The molecule has 0 spiro atoms. The van der Waals surface area contributed by atoms with Gasteiger partial charge < -0.3 is 5.32 Å². The number of nitrogens with one attached hydrogen (secondary N) is 1. The van der Waals surface area contributed by atoms with Crippen molar-refractivity contribution in [2.45, 2.75) is 39.9 Å². The molecule has 0 atom stereocenters. The minimum absolute atomic E-state index is 0.0187. The fourth-order valence-corrected chi connectivity index (χ4v) is 3.92. The first-order valence-electron chi connectivity index (χ1n) is 10.7. The van der Waals surface area contributed by atoms with Crippen LogP contribution in [0.2, 0.25) is 0 Å². The van der Waals surface area contributed by atoms with Gasteiger partial charge >= 0.3 is 5.69 Å². The zero-order valence-corrected chi connectivity index (χ0v) is 18.4. The van der Waals surface area contributed by atoms with Gasteiger partial charge in [0.1, 0.15) is 17.9 Å². The number of aryl methyl sites for hydroxylation is 3. The Morgan fingerprint density at radius 1 is 1.00 bits per heavy atom. The molecule has 2 heterocycles. The summed E-state index contributed by atoms with van der Waals surface area (Å²) in [5.74, 6) is -1.16. The smallest absolute Gasteiger partial charge is 0.322 e. The number of hydrogen-bond acceptors (Lipinski definition) is 4. The molecule has 1 N–H and O–H groups in total. The Hall–Kier alpha value is -4.01. The van der Waals surface area contributed by atoms with Gasteiger partial charge in [0.05, 0.1) is 11.4 Å². The third-order valence-corrected chi connectivity index (χ3v) is 5.49. The molecule has 0 aliphatic carbocycles. The topological polar surface area (TPSA) is 90.9 Å². The lowest BCUT2D eigenvalue weighted by molar-refractivity contribution is -0.116. The second kappa shape index (κ2) is 9.23. The number of carbonyl (C=O) groups is 1. The van der Waals surface area contributed by atoms with Gasteiger partial charge in [-0.2, -0.15) is 5.10 Å². The highest BCUT2D eigenvalue weighted by Gasteiger charge is 2.21. The predicted molar refractivity (Wildman–Crippen MR) is 124 cm³/mol. The molecule has 0 saturated heterocycles. The van der Waals surface area contributed by atoms with Crippen molar-refractivity contribution in [2.24, 2.45) is 0 Å². The highest BCUT2D eigenvalue weighted by atomic mass is 19.1. The first kappa shape index (κ1) is 22.2.